The van der Waals surface area contributed by atoms with Crippen molar-refractivity contribution in [2.75, 3.05) is 29.5 Å². The third kappa shape index (κ3) is 6.74. The summed E-state index contributed by atoms with van der Waals surface area (Å²) in [7, 11) is 0. The Balaban J connectivity index is 1.58. The molecule has 1 aliphatic rings. The van der Waals surface area contributed by atoms with Gasteiger partial charge in [-0.3, -0.25) is 14.4 Å². The number of halogens is 1. The molecule has 1 unspecified atom stereocenters. The van der Waals surface area contributed by atoms with Crippen molar-refractivity contribution < 1.29 is 14.4 Å². The first-order valence-electron chi connectivity index (χ1n) is 10.7. The number of aryl methyl sites for hydroxylation is 1. The molecule has 1 aliphatic heterocycles. The Morgan fingerprint density at radius 2 is 1.72 bits per heavy atom. The van der Waals surface area contributed by atoms with Gasteiger partial charge in [-0.25, -0.2) is 0 Å². The van der Waals surface area contributed by atoms with E-state index in [-0.39, 0.29) is 23.5 Å². The standard InChI is InChI=1S/C24H28ClN3O3S/c1-16-6-9-19(10-7-16)26-22(29)15-32-17(2)23(30)27-21-14-18(25)8-11-20(21)24(31)28-12-4-3-5-13-28/h6-11,14,17H,3-5,12-13,15H2,1-2H3,(H,26,29)(H,27,30). The lowest BCUT2D eigenvalue weighted by Crippen LogP contribution is -2.36. The Morgan fingerprint density at radius 3 is 2.41 bits per heavy atom. The van der Waals surface area contributed by atoms with Gasteiger partial charge in [0.25, 0.3) is 5.91 Å². The van der Waals surface area contributed by atoms with Crippen molar-refractivity contribution in [2.24, 2.45) is 0 Å². The number of thioether (sulfide) groups is 1. The third-order valence-corrected chi connectivity index (χ3v) is 6.66. The molecule has 2 aromatic rings. The van der Waals surface area contributed by atoms with E-state index in [4.69, 9.17) is 11.6 Å². The van der Waals surface area contributed by atoms with Gasteiger partial charge in [0.2, 0.25) is 11.8 Å². The predicted octanol–water partition coefficient (Wildman–Crippen LogP) is 4.97. The lowest BCUT2D eigenvalue weighted by molar-refractivity contribution is -0.115. The van der Waals surface area contributed by atoms with Crippen LogP contribution in [-0.2, 0) is 9.59 Å². The van der Waals surface area contributed by atoms with E-state index >= 15 is 0 Å². The van der Waals surface area contributed by atoms with Crippen LogP contribution in [-0.4, -0.2) is 46.7 Å². The minimum absolute atomic E-state index is 0.102. The largest absolute Gasteiger partial charge is 0.339 e. The van der Waals surface area contributed by atoms with Gasteiger partial charge in [0.1, 0.15) is 0 Å². The van der Waals surface area contributed by atoms with E-state index in [0.29, 0.717) is 16.3 Å². The van der Waals surface area contributed by atoms with Crippen molar-refractivity contribution in [3.05, 3.63) is 58.6 Å². The summed E-state index contributed by atoms with van der Waals surface area (Å²) in [5, 5.41) is 5.60. The number of rotatable bonds is 7. The van der Waals surface area contributed by atoms with Crippen LogP contribution < -0.4 is 10.6 Å². The van der Waals surface area contributed by atoms with Gasteiger partial charge in [0, 0.05) is 23.8 Å². The van der Waals surface area contributed by atoms with E-state index in [1.807, 2.05) is 36.1 Å². The highest BCUT2D eigenvalue weighted by Crippen LogP contribution is 2.25. The summed E-state index contributed by atoms with van der Waals surface area (Å²) in [5.41, 5.74) is 2.66. The first kappa shape index (κ1) is 24.1. The molecule has 3 amide bonds. The lowest BCUT2D eigenvalue weighted by Gasteiger charge is -2.27. The Bertz CT molecular complexity index is 975. The van der Waals surface area contributed by atoms with Gasteiger partial charge in [0.05, 0.1) is 22.3 Å². The molecule has 1 heterocycles. The average Bonchev–Trinajstić information content (AvgIpc) is 2.79. The van der Waals surface area contributed by atoms with Crippen LogP contribution in [0.4, 0.5) is 11.4 Å². The summed E-state index contributed by atoms with van der Waals surface area (Å²) in [4.78, 5) is 39.7. The maximum absolute atomic E-state index is 13.0. The molecule has 2 aromatic carbocycles. The van der Waals surface area contributed by atoms with Gasteiger partial charge in [-0.05, 0) is 63.4 Å². The molecular formula is C24H28ClN3O3S. The summed E-state index contributed by atoms with van der Waals surface area (Å²) >= 11 is 7.35. The molecule has 1 saturated heterocycles. The monoisotopic (exact) mass is 473 g/mol. The summed E-state index contributed by atoms with van der Waals surface area (Å²) in [6.45, 7) is 5.15. The molecule has 0 aromatic heterocycles. The maximum atomic E-state index is 13.0. The van der Waals surface area contributed by atoms with E-state index in [2.05, 4.69) is 10.6 Å². The van der Waals surface area contributed by atoms with E-state index in [1.54, 1.807) is 25.1 Å². The minimum atomic E-state index is -0.490. The second-order valence-electron chi connectivity index (χ2n) is 7.90. The second-order valence-corrected chi connectivity index (χ2v) is 9.67. The van der Waals surface area contributed by atoms with Crippen molar-refractivity contribution in [1.82, 2.24) is 4.90 Å². The van der Waals surface area contributed by atoms with Crippen molar-refractivity contribution in [1.29, 1.82) is 0 Å². The molecule has 0 saturated carbocycles. The van der Waals surface area contributed by atoms with Crippen LogP contribution in [0.25, 0.3) is 0 Å². The number of nitrogens with zero attached hydrogens (tertiary/aromatic N) is 1. The van der Waals surface area contributed by atoms with Gasteiger partial charge in [0.15, 0.2) is 0 Å². The number of hydrogen-bond donors (Lipinski definition) is 2. The van der Waals surface area contributed by atoms with Crippen LogP contribution in [0.1, 0.15) is 42.1 Å². The maximum Gasteiger partial charge on any atom is 0.255 e. The quantitative estimate of drug-likeness (QED) is 0.594. The highest BCUT2D eigenvalue weighted by atomic mass is 35.5. The number of anilines is 2. The zero-order chi connectivity index (χ0) is 23.1. The summed E-state index contributed by atoms with van der Waals surface area (Å²) in [6.07, 6.45) is 3.10. The van der Waals surface area contributed by atoms with Crippen LogP contribution in [0.15, 0.2) is 42.5 Å². The van der Waals surface area contributed by atoms with Crippen LogP contribution in [0.5, 0.6) is 0 Å². The number of benzene rings is 2. The number of carbonyl (C=O) groups excluding carboxylic acids is 3. The number of amides is 3. The van der Waals surface area contributed by atoms with Crippen molar-refractivity contribution in [2.45, 2.75) is 38.4 Å². The van der Waals surface area contributed by atoms with Gasteiger partial charge in [-0.15, -0.1) is 11.8 Å². The van der Waals surface area contributed by atoms with Gasteiger partial charge >= 0.3 is 0 Å². The Kier molecular flexibility index (Phi) is 8.59. The van der Waals surface area contributed by atoms with E-state index in [9.17, 15) is 14.4 Å². The lowest BCUT2D eigenvalue weighted by atomic mass is 10.1. The first-order valence-corrected chi connectivity index (χ1v) is 12.1. The number of carbonyl (C=O) groups is 3. The zero-order valence-corrected chi connectivity index (χ0v) is 19.9. The number of piperidine rings is 1. The fourth-order valence-corrected chi connectivity index (χ4v) is 4.27. The van der Waals surface area contributed by atoms with Crippen LogP contribution in [0, 0.1) is 6.92 Å². The number of hydrogen-bond acceptors (Lipinski definition) is 4. The van der Waals surface area contributed by atoms with Crippen molar-refractivity contribution >= 4 is 52.5 Å². The third-order valence-electron chi connectivity index (χ3n) is 5.28. The molecule has 8 heteroatoms. The number of likely N-dealkylation sites (tertiary alicyclic amines) is 1. The molecule has 170 valence electrons. The smallest absolute Gasteiger partial charge is 0.255 e. The van der Waals surface area contributed by atoms with Crippen molar-refractivity contribution in [3.8, 4) is 0 Å². The molecule has 0 radical (unpaired) electrons. The summed E-state index contributed by atoms with van der Waals surface area (Å²) in [5.74, 6) is -0.429. The van der Waals surface area contributed by atoms with E-state index in [1.165, 1.54) is 11.8 Å². The Morgan fingerprint density at radius 1 is 1.03 bits per heavy atom. The molecule has 0 aliphatic carbocycles. The average molecular weight is 474 g/mol. The van der Waals surface area contributed by atoms with E-state index < -0.39 is 5.25 Å². The molecule has 0 spiro atoms. The summed E-state index contributed by atoms with van der Waals surface area (Å²) < 4.78 is 0. The van der Waals surface area contributed by atoms with Crippen molar-refractivity contribution in [3.63, 3.8) is 0 Å². The molecular weight excluding hydrogens is 446 g/mol. The Labute approximate surface area is 198 Å². The topological polar surface area (TPSA) is 78.5 Å². The highest BCUT2D eigenvalue weighted by molar-refractivity contribution is 8.01. The number of nitrogens with one attached hydrogen (secondary N) is 2. The first-order chi connectivity index (χ1) is 15.3. The fraction of sp³-hybridized carbons (Fsp3) is 0.375. The molecule has 2 N–H and O–H groups in total. The van der Waals surface area contributed by atoms with Crippen LogP contribution >= 0.6 is 23.4 Å². The minimum Gasteiger partial charge on any atom is -0.339 e. The zero-order valence-electron chi connectivity index (χ0n) is 18.3. The second kappa shape index (κ2) is 11.4. The SMILES string of the molecule is Cc1ccc(NC(=O)CSC(C)C(=O)Nc2cc(Cl)ccc2C(=O)N2CCCCC2)cc1. The molecule has 32 heavy (non-hydrogen) atoms. The molecule has 6 nitrogen and oxygen atoms in total. The normalized spacial score (nSPS) is 14.5. The Hall–Kier alpha value is -2.51. The highest BCUT2D eigenvalue weighted by Gasteiger charge is 2.23. The predicted molar refractivity (Wildman–Crippen MR) is 132 cm³/mol. The molecule has 1 atom stereocenters. The molecule has 1 fully saturated rings. The van der Waals surface area contributed by atoms with Crippen LogP contribution in [0.2, 0.25) is 5.02 Å². The van der Waals surface area contributed by atoms with E-state index in [0.717, 1.165) is 43.6 Å². The molecule has 0 bridgehead atoms. The summed E-state index contributed by atoms with van der Waals surface area (Å²) in [6, 6.07) is 12.4. The van der Waals surface area contributed by atoms with Gasteiger partial charge in [-0.2, -0.15) is 0 Å². The van der Waals surface area contributed by atoms with Gasteiger partial charge < -0.3 is 15.5 Å². The fourth-order valence-electron chi connectivity index (χ4n) is 3.42. The molecule has 3 rings (SSSR count). The van der Waals surface area contributed by atoms with Gasteiger partial charge in [-0.1, -0.05) is 29.3 Å². The van der Waals surface area contributed by atoms with Crippen LogP contribution in [0.3, 0.4) is 0 Å².